The summed E-state index contributed by atoms with van der Waals surface area (Å²) < 4.78 is 0. The van der Waals surface area contributed by atoms with E-state index < -0.39 is 0 Å². The van der Waals surface area contributed by atoms with Crippen LogP contribution in [0.1, 0.15) is 41.5 Å². The lowest BCUT2D eigenvalue weighted by atomic mass is 9.65. The molecular formula is C15H30N4O. The lowest BCUT2D eigenvalue weighted by Crippen LogP contribution is -2.72. The Morgan fingerprint density at radius 1 is 1.20 bits per heavy atom. The Labute approximate surface area is 123 Å². The number of aliphatic imine (C=N–C) groups is 1. The fraction of sp³-hybridized carbons (Fsp3) is 0.867. The number of nitrogens with one attached hydrogen (secondary N) is 2. The molecule has 0 radical (unpaired) electrons. The second kappa shape index (κ2) is 6.02. The molecule has 0 aromatic carbocycles. The molecule has 1 fully saturated rings. The van der Waals surface area contributed by atoms with Gasteiger partial charge in [0.15, 0.2) is 5.96 Å². The molecule has 0 aliphatic carbocycles. The number of carbonyl (C=O) groups excluding carboxylic acids is 1. The molecule has 1 saturated heterocycles. The van der Waals surface area contributed by atoms with Gasteiger partial charge in [0.1, 0.15) is 0 Å². The summed E-state index contributed by atoms with van der Waals surface area (Å²) in [5.74, 6) is 1.03. The number of carbonyl (C=O) groups is 1. The van der Waals surface area contributed by atoms with Crippen molar-refractivity contribution < 1.29 is 4.79 Å². The summed E-state index contributed by atoms with van der Waals surface area (Å²) in [6, 6.07) is 0. The molecule has 1 aliphatic heterocycles. The summed E-state index contributed by atoms with van der Waals surface area (Å²) in [6.45, 7) is 15.1. The maximum absolute atomic E-state index is 11.5. The van der Waals surface area contributed by atoms with Crippen LogP contribution in [0.2, 0.25) is 0 Å². The minimum Gasteiger partial charge on any atom is -0.354 e. The van der Waals surface area contributed by atoms with Crippen molar-refractivity contribution in [2.45, 2.75) is 47.1 Å². The van der Waals surface area contributed by atoms with Gasteiger partial charge in [0.2, 0.25) is 5.91 Å². The molecule has 2 N–H and O–H groups in total. The van der Waals surface area contributed by atoms with E-state index in [2.05, 4.69) is 48.2 Å². The molecular weight excluding hydrogens is 252 g/mol. The average molecular weight is 282 g/mol. The van der Waals surface area contributed by atoms with Gasteiger partial charge in [-0.3, -0.25) is 9.79 Å². The zero-order valence-corrected chi connectivity index (χ0v) is 14.0. The van der Waals surface area contributed by atoms with Crippen LogP contribution in [-0.4, -0.2) is 49.0 Å². The van der Waals surface area contributed by atoms with Crippen molar-refractivity contribution in [3.8, 4) is 0 Å². The Hall–Kier alpha value is -1.26. The fourth-order valence-corrected chi connectivity index (χ4v) is 2.26. The zero-order valence-electron chi connectivity index (χ0n) is 14.0. The fourth-order valence-electron chi connectivity index (χ4n) is 2.26. The normalized spacial score (nSPS) is 20.6. The smallest absolute Gasteiger partial charge is 0.222 e. The van der Waals surface area contributed by atoms with Gasteiger partial charge >= 0.3 is 0 Å². The summed E-state index contributed by atoms with van der Waals surface area (Å²) in [4.78, 5) is 18.1. The lowest BCUT2D eigenvalue weighted by molar-refractivity contribution is -0.123. The molecule has 1 heterocycles. The third-order valence-corrected chi connectivity index (χ3v) is 4.58. The van der Waals surface area contributed by atoms with E-state index in [-0.39, 0.29) is 22.8 Å². The summed E-state index contributed by atoms with van der Waals surface area (Å²) >= 11 is 0. The zero-order chi connectivity index (χ0) is 15.6. The van der Waals surface area contributed by atoms with Crippen LogP contribution in [0.3, 0.4) is 0 Å². The highest BCUT2D eigenvalue weighted by Crippen LogP contribution is 2.46. The number of amides is 1. The van der Waals surface area contributed by atoms with Gasteiger partial charge in [-0.15, -0.1) is 0 Å². The number of nitrogens with zero attached hydrogens (tertiary/aromatic N) is 2. The third kappa shape index (κ3) is 3.25. The van der Waals surface area contributed by atoms with Gasteiger partial charge in [0.25, 0.3) is 0 Å². The van der Waals surface area contributed by atoms with Crippen molar-refractivity contribution in [2.75, 3.05) is 26.7 Å². The Balaban J connectivity index is 2.42. The minimum absolute atomic E-state index is 0.0319. The molecule has 5 nitrogen and oxygen atoms in total. The van der Waals surface area contributed by atoms with E-state index in [1.54, 1.807) is 7.05 Å². The van der Waals surface area contributed by atoms with Crippen LogP contribution in [0.15, 0.2) is 4.99 Å². The van der Waals surface area contributed by atoms with Crippen molar-refractivity contribution >= 4 is 11.9 Å². The Kier molecular flexibility index (Phi) is 5.05. The summed E-state index contributed by atoms with van der Waals surface area (Å²) in [6.07, 6.45) is 0. The Morgan fingerprint density at radius 3 is 2.15 bits per heavy atom. The number of guanidine groups is 1. The van der Waals surface area contributed by atoms with Gasteiger partial charge in [-0.1, -0.05) is 27.7 Å². The third-order valence-electron chi connectivity index (χ3n) is 4.58. The maximum atomic E-state index is 11.5. The summed E-state index contributed by atoms with van der Waals surface area (Å²) in [7, 11) is 1.80. The van der Waals surface area contributed by atoms with Gasteiger partial charge in [0, 0.05) is 43.6 Å². The largest absolute Gasteiger partial charge is 0.354 e. The number of rotatable bonds is 4. The van der Waals surface area contributed by atoms with Crippen LogP contribution in [0.25, 0.3) is 0 Å². The summed E-state index contributed by atoms with van der Waals surface area (Å²) in [5, 5.41) is 6.22. The first-order valence-corrected chi connectivity index (χ1v) is 7.39. The number of hydrogen-bond donors (Lipinski definition) is 2. The quantitative estimate of drug-likeness (QED) is 0.466. The van der Waals surface area contributed by atoms with Crippen LogP contribution in [0, 0.1) is 11.3 Å². The predicted molar refractivity (Wildman–Crippen MR) is 83.8 cm³/mol. The second-order valence-electron chi connectivity index (χ2n) is 6.95. The summed E-state index contributed by atoms with van der Waals surface area (Å²) in [5.41, 5.74) is 0.381. The van der Waals surface area contributed by atoms with E-state index in [9.17, 15) is 4.79 Å². The maximum Gasteiger partial charge on any atom is 0.222 e. The van der Waals surface area contributed by atoms with Gasteiger partial charge in [-0.05, 0) is 13.8 Å². The molecule has 1 aliphatic rings. The van der Waals surface area contributed by atoms with Crippen molar-refractivity contribution in [2.24, 2.45) is 16.3 Å². The molecule has 116 valence electrons. The van der Waals surface area contributed by atoms with Crippen LogP contribution in [0.5, 0.6) is 0 Å². The van der Waals surface area contributed by atoms with E-state index in [1.807, 2.05) is 13.8 Å². The van der Waals surface area contributed by atoms with E-state index in [4.69, 9.17) is 0 Å². The SMILES string of the molecule is CN=C(NCCNC(=O)C(C)C)N1CC(C)(C)C1(C)C. The van der Waals surface area contributed by atoms with Gasteiger partial charge in [-0.25, -0.2) is 0 Å². The molecule has 1 rings (SSSR count). The highest BCUT2D eigenvalue weighted by molar-refractivity contribution is 5.82. The molecule has 5 heteroatoms. The molecule has 20 heavy (non-hydrogen) atoms. The highest BCUT2D eigenvalue weighted by atomic mass is 16.1. The van der Waals surface area contributed by atoms with Crippen molar-refractivity contribution in [1.82, 2.24) is 15.5 Å². The minimum atomic E-state index is 0.0319. The van der Waals surface area contributed by atoms with E-state index in [0.29, 0.717) is 13.1 Å². The van der Waals surface area contributed by atoms with Gasteiger partial charge in [-0.2, -0.15) is 0 Å². The molecule has 0 bridgehead atoms. The molecule has 0 atom stereocenters. The van der Waals surface area contributed by atoms with Crippen molar-refractivity contribution in [3.05, 3.63) is 0 Å². The molecule has 0 spiro atoms. The Bertz CT molecular complexity index is 385. The van der Waals surface area contributed by atoms with Gasteiger partial charge < -0.3 is 15.5 Å². The van der Waals surface area contributed by atoms with E-state index in [1.165, 1.54) is 0 Å². The monoisotopic (exact) mass is 282 g/mol. The molecule has 0 aromatic rings. The van der Waals surface area contributed by atoms with E-state index >= 15 is 0 Å². The van der Waals surface area contributed by atoms with Crippen molar-refractivity contribution in [3.63, 3.8) is 0 Å². The van der Waals surface area contributed by atoms with Crippen LogP contribution in [-0.2, 0) is 4.79 Å². The number of likely N-dealkylation sites (tertiary alicyclic amines) is 1. The predicted octanol–water partition coefficient (Wildman–Crippen LogP) is 1.45. The highest BCUT2D eigenvalue weighted by Gasteiger charge is 2.53. The molecule has 0 saturated carbocycles. The second-order valence-corrected chi connectivity index (χ2v) is 6.95. The van der Waals surface area contributed by atoms with Gasteiger partial charge in [0.05, 0.1) is 0 Å². The molecule has 0 aromatic heterocycles. The Morgan fingerprint density at radius 2 is 1.75 bits per heavy atom. The van der Waals surface area contributed by atoms with Crippen LogP contribution >= 0.6 is 0 Å². The van der Waals surface area contributed by atoms with Crippen molar-refractivity contribution in [1.29, 1.82) is 0 Å². The number of hydrogen-bond acceptors (Lipinski definition) is 2. The topological polar surface area (TPSA) is 56.7 Å². The average Bonchev–Trinajstić information content (AvgIpc) is 2.36. The van der Waals surface area contributed by atoms with E-state index in [0.717, 1.165) is 12.5 Å². The first kappa shape index (κ1) is 16.8. The lowest BCUT2D eigenvalue weighted by Gasteiger charge is -2.62. The first-order chi connectivity index (χ1) is 9.13. The van der Waals surface area contributed by atoms with Crippen LogP contribution in [0.4, 0.5) is 0 Å². The molecule has 0 unspecified atom stereocenters. The standard InChI is InChI=1S/C15H30N4O/c1-11(2)12(20)17-8-9-18-13(16-7)19-10-14(3,4)15(19,5)6/h11H,8-10H2,1-7H3,(H,16,18)(H,17,20). The first-order valence-electron chi connectivity index (χ1n) is 7.39. The van der Waals surface area contributed by atoms with Crippen LogP contribution < -0.4 is 10.6 Å². The molecule has 1 amide bonds.